The number of hydrogen-bond donors (Lipinski definition) is 2. The standard InChI is InChI=1S/C9H13N3O4/c1-3-16-9(15)5(2)12-6(8(10)14)4-7(13)11-12/h4-5H,3H2,1-2H3,(H2,10,14)(H,11,13). The topological polar surface area (TPSA) is 107 Å². The third kappa shape index (κ3) is 2.30. The summed E-state index contributed by atoms with van der Waals surface area (Å²) in [5, 5.41) is 2.32. The molecule has 7 nitrogen and oxygen atoms in total. The maximum Gasteiger partial charge on any atom is 0.330 e. The minimum Gasteiger partial charge on any atom is -0.464 e. The monoisotopic (exact) mass is 227 g/mol. The zero-order valence-electron chi connectivity index (χ0n) is 9.02. The number of carbonyl (C=O) groups is 2. The van der Waals surface area contributed by atoms with E-state index >= 15 is 0 Å². The van der Waals surface area contributed by atoms with Gasteiger partial charge < -0.3 is 10.5 Å². The van der Waals surface area contributed by atoms with Crippen LogP contribution in [0.3, 0.4) is 0 Å². The van der Waals surface area contributed by atoms with E-state index in [4.69, 9.17) is 10.5 Å². The number of carbonyl (C=O) groups excluding carboxylic acids is 2. The van der Waals surface area contributed by atoms with Gasteiger partial charge in [-0.05, 0) is 13.8 Å². The molecule has 7 heteroatoms. The summed E-state index contributed by atoms with van der Waals surface area (Å²) >= 11 is 0. The molecule has 0 saturated heterocycles. The van der Waals surface area contributed by atoms with Crippen molar-refractivity contribution in [3.63, 3.8) is 0 Å². The number of nitrogens with two attached hydrogens (primary N) is 1. The molecule has 3 N–H and O–H groups in total. The van der Waals surface area contributed by atoms with E-state index in [1.54, 1.807) is 6.92 Å². The lowest BCUT2D eigenvalue weighted by Gasteiger charge is -2.13. The summed E-state index contributed by atoms with van der Waals surface area (Å²) in [7, 11) is 0. The molecule has 1 aromatic heterocycles. The van der Waals surface area contributed by atoms with Crippen LogP contribution in [0.15, 0.2) is 10.9 Å². The fraction of sp³-hybridized carbons (Fsp3) is 0.444. The van der Waals surface area contributed by atoms with E-state index in [1.807, 2.05) is 0 Å². The Bertz CT molecular complexity index is 460. The molecule has 1 heterocycles. The largest absolute Gasteiger partial charge is 0.464 e. The molecule has 0 aliphatic rings. The van der Waals surface area contributed by atoms with Crippen LogP contribution >= 0.6 is 0 Å². The number of esters is 1. The molecule has 1 aromatic rings. The molecule has 0 bridgehead atoms. The molecule has 0 aromatic carbocycles. The summed E-state index contributed by atoms with van der Waals surface area (Å²) in [6.45, 7) is 3.39. The van der Waals surface area contributed by atoms with Crippen molar-refractivity contribution >= 4 is 11.9 Å². The highest BCUT2D eigenvalue weighted by Crippen LogP contribution is 2.08. The van der Waals surface area contributed by atoms with E-state index in [0.29, 0.717) is 0 Å². The van der Waals surface area contributed by atoms with E-state index in [0.717, 1.165) is 10.7 Å². The van der Waals surface area contributed by atoms with Crippen LogP contribution in [-0.4, -0.2) is 28.3 Å². The second kappa shape index (κ2) is 4.65. The van der Waals surface area contributed by atoms with Gasteiger partial charge in [-0.3, -0.25) is 19.4 Å². The Labute approximate surface area is 91.2 Å². The average Bonchev–Trinajstić information content (AvgIpc) is 2.59. The molecule has 0 radical (unpaired) electrons. The van der Waals surface area contributed by atoms with Gasteiger partial charge in [0.15, 0.2) is 0 Å². The van der Waals surface area contributed by atoms with Crippen molar-refractivity contribution in [3.8, 4) is 0 Å². The van der Waals surface area contributed by atoms with Crippen molar-refractivity contribution in [2.45, 2.75) is 19.9 Å². The van der Waals surface area contributed by atoms with Crippen molar-refractivity contribution in [2.75, 3.05) is 6.61 Å². The fourth-order valence-electron chi connectivity index (χ4n) is 1.27. The molecule has 16 heavy (non-hydrogen) atoms. The van der Waals surface area contributed by atoms with Gasteiger partial charge in [0.05, 0.1) is 6.61 Å². The maximum atomic E-state index is 11.4. The van der Waals surface area contributed by atoms with Gasteiger partial charge in [-0.15, -0.1) is 0 Å². The van der Waals surface area contributed by atoms with Gasteiger partial charge in [0.2, 0.25) is 0 Å². The zero-order chi connectivity index (χ0) is 12.3. The van der Waals surface area contributed by atoms with Gasteiger partial charge in [0, 0.05) is 6.07 Å². The van der Waals surface area contributed by atoms with E-state index in [1.165, 1.54) is 6.92 Å². The van der Waals surface area contributed by atoms with Crippen molar-refractivity contribution in [1.82, 2.24) is 9.78 Å². The second-order valence-corrected chi connectivity index (χ2v) is 3.17. The lowest BCUT2D eigenvalue weighted by molar-refractivity contribution is -0.146. The number of aromatic amines is 1. The number of ether oxygens (including phenoxy) is 1. The molecule has 0 saturated carbocycles. The lowest BCUT2D eigenvalue weighted by Crippen LogP contribution is -2.26. The van der Waals surface area contributed by atoms with Crippen LogP contribution in [0, 0.1) is 0 Å². The molecular weight excluding hydrogens is 214 g/mol. The molecule has 0 fully saturated rings. The van der Waals surface area contributed by atoms with E-state index in [9.17, 15) is 14.4 Å². The van der Waals surface area contributed by atoms with Gasteiger partial charge in [0.1, 0.15) is 11.7 Å². The van der Waals surface area contributed by atoms with Crippen LogP contribution < -0.4 is 11.3 Å². The Balaban J connectivity index is 3.07. The van der Waals surface area contributed by atoms with Crippen LogP contribution in [0.4, 0.5) is 0 Å². The minimum atomic E-state index is -0.801. The summed E-state index contributed by atoms with van der Waals surface area (Å²) in [6.07, 6.45) is 0. The number of aromatic nitrogens is 2. The number of H-pyrrole nitrogens is 1. The van der Waals surface area contributed by atoms with Crippen LogP contribution in [0.25, 0.3) is 0 Å². The highest BCUT2D eigenvalue weighted by atomic mass is 16.5. The summed E-state index contributed by atoms with van der Waals surface area (Å²) in [5.41, 5.74) is 4.52. The number of primary amides is 1. The normalized spacial score (nSPS) is 12.1. The minimum absolute atomic E-state index is 0.0504. The fourth-order valence-corrected chi connectivity index (χ4v) is 1.27. The Hall–Kier alpha value is -2.05. The predicted molar refractivity (Wildman–Crippen MR) is 54.9 cm³/mol. The molecule has 0 spiro atoms. The number of amides is 1. The van der Waals surface area contributed by atoms with Crippen LogP contribution in [0.2, 0.25) is 0 Å². The van der Waals surface area contributed by atoms with Gasteiger partial charge in [-0.1, -0.05) is 0 Å². The molecule has 0 aliphatic carbocycles. The van der Waals surface area contributed by atoms with Crippen molar-refractivity contribution in [3.05, 3.63) is 22.1 Å². The average molecular weight is 227 g/mol. The van der Waals surface area contributed by atoms with Gasteiger partial charge in [0.25, 0.3) is 11.5 Å². The van der Waals surface area contributed by atoms with Crippen molar-refractivity contribution in [1.29, 1.82) is 0 Å². The maximum absolute atomic E-state index is 11.4. The van der Waals surface area contributed by atoms with Crippen molar-refractivity contribution < 1.29 is 14.3 Å². The van der Waals surface area contributed by atoms with Crippen LogP contribution in [-0.2, 0) is 9.53 Å². The Morgan fingerprint density at radius 3 is 2.75 bits per heavy atom. The van der Waals surface area contributed by atoms with Crippen LogP contribution in [0.1, 0.15) is 30.4 Å². The van der Waals surface area contributed by atoms with Gasteiger partial charge >= 0.3 is 5.97 Å². The smallest absolute Gasteiger partial charge is 0.330 e. The number of nitrogens with zero attached hydrogens (tertiary/aromatic N) is 1. The molecule has 1 atom stereocenters. The van der Waals surface area contributed by atoms with Crippen LogP contribution in [0.5, 0.6) is 0 Å². The molecular formula is C9H13N3O4. The second-order valence-electron chi connectivity index (χ2n) is 3.17. The first-order valence-corrected chi connectivity index (χ1v) is 4.75. The number of nitrogens with one attached hydrogen (secondary N) is 1. The molecule has 1 unspecified atom stereocenters. The highest BCUT2D eigenvalue weighted by molar-refractivity contribution is 5.91. The third-order valence-electron chi connectivity index (χ3n) is 2.03. The molecule has 88 valence electrons. The summed E-state index contributed by atoms with van der Waals surface area (Å²) < 4.78 is 5.87. The molecule has 1 rings (SSSR count). The first-order valence-electron chi connectivity index (χ1n) is 4.75. The Morgan fingerprint density at radius 1 is 1.62 bits per heavy atom. The molecule has 1 amide bonds. The van der Waals surface area contributed by atoms with E-state index in [-0.39, 0.29) is 12.3 Å². The summed E-state index contributed by atoms with van der Waals surface area (Å²) in [4.78, 5) is 33.5. The van der Waals surface area contributed by atoms with Crippen molar-refractivity contribution in [2.24, 2.45) is 5.73 Å². The Kier molecular flexibility index (Phi) is 3.49. The lowest BCUT2D eigenvalue weighted by atomic mass is 10.3. The quantitative estimate of drug-likeness (QED) is 0.669. The van der Waals surface area contributed by atoms with E-state index < -0.39 is 23.5 Å². The number of rotatable bonds is 4. The highest BCUT2D eigenvalue weighted by Gasteiger charge is 2.21. The van der Waals surface area contributed by atoms with Gasteiger partial charge in [-0.25, -0.2) is 4.79 Å². The predicted octanol–water partition coefficient (Wildman–Crippen LogP) is -0.601. The van der Waals surface area contributed by atoms with Gasteiger partial charge in [-0.2, -0.15) is 0 Å². The summed E-state index contributed by atoms with van der Waals surface area (Å²) in [6, 6.07) is 0.239. The Morgan fingerprint density at radius 2 is 2.25 bits per heavy atom. The third-order valence-corrected chi connectivity index (χ3v) is 2.03. The summed E-state index contributed by atoms with van der Waals surface area (Å²) in [5.74, 6) is -1.33. The molecule has 0 aliphatic heterocycles. The number of hydrogen-bond acceptors (Lipinski definition) is 4. The first-order chi connectivity index (χ1) is 7.47. The zero-order valence-corrected chi connectivity index (χ0v) is 9.02. The van der Waals surface area contributed by atoms with E-state index in [2.05, 4.69) is 5.10 Å². The SMILES string of the molecule is CCOC(=O)C(C)n1[nH]c(=O)cc1C(N)=O. The first kappa shape index (κ1) is 12.0.